The van der Waals surface area contributed by atoms with Gasteiger partial charge in [-0.2, -0.15) is 0 Å². The van der Waals surface area contributed by atoms with Crippen molar-refractivity contribution in [3.8, 4) is 0 Å². The minimum absolute atomic E-state index is 0.830. The summed E-state index contributed by atoms with van der Waals surface area (Å²) < 4.78 is 0. The zero-order valence-electron chi connectivity index (χ0n) is 9.77. The monoisotopic (exact) mass is 186 g/mol. The molecular formula is C11H26N2. The van der Waals surface area contributed by atoms with E-state index in [2.05, 4.69) is 38.0 Å². The Bertz CT molecular complexity index is 104. The first-order valence-corrected chi connectivity index (χ1v) is 5.59. The molecule has 0 saturated carbocycles. The SMILES string of the molecule is CCCC(C)CNCCN(C)CC. The van der Waals surface area contributed by atoms with Crippen LogP contribution in [-0.2, 0) is 0 Å². The van der Waals surface area contributed by atoms with Gasteiger partial charge in [0, 0.05) is 13.1 Å². The van der Waals surface area contributed by atoms with Gasteiger partial charge in [-0.15, -0.1) is 0 Å². The summed E-state index contributed by atoms with van der Waals surface area (Å²) in [4.78, 5) is 2.33. The second kappa shape index (κ2) is 8.52. The minimum atomic E-state index is 0.830. The van der Waals surface area contributed by atoms with Gasteiger partial charge in [-0.05, 0) is 32.5 Å². The van der Waals surface area contributed by atoms with E-state index in [0.29, 0.717) is 0 Å². The molecule has 0 aliphatic rings. The molecule has 1 unspecified atom stereocenters. The molecule has 0 bridgehead atoms. The molecule has 0 spiro atoms. The lowest BCUT2D eigenvalue weighted by atomic mass is 10.1. The molecule has 2 heteroatoms. The summed E-state index contributed by atoms with van der Waals surface area (Å²) in [5.74, 6) is 0.830. The number of nitrogens with zero attached hydrogens (tertiary/aromatic N) is 1. The smallest absolute Gasteiger partial charge is 0.0104 e. The van der Waals surface area contributed by atoms with Crippen LogP contribution in [0.5, 0.6) is 0 Å². The maximum atomic E-state index is 3.49. The standard InChI is InChI=1S/C11H26N2/c1-5-7-11(3)10-12-8-9-13(4)6-2/h11-12H,5-10H2,1-4H3. The molecule has 80 valence electrons. The van der Waals surface area contributed by atoms with E-state index in [0.717, 1.165) is 25.6 Å². The summed E-state index contributed by atoms with van der Waals surface area (Å²) in [6.07, 6.45) is 2.65. The van der Waals surface area contributed by atoms with Gasteiger partial charge in [0.25, 0.3) is 0 Å². The van der Waals surface area contributed by atoms with Crippen molar-refractivity contribution in [1.29, 1.82) is 0 Å². The summed E-state index contributed by atoms with van der Waals surface area (Å²) in [7, 11) is 2.16. The third-order valence-corrected chi connectivity index (χ3v) is 2.48. The third-order valence-electron chi connectivity index (χ3n) is 2.48. The largest absolute Gasteiger partial charge is 0.315 e. The molecule has 1 atom stereocenters. The zero-order chi connectivity index (χ0) is 10.1. The first kappa shape index (κ1) is 12.9. The van der Waals surface area contributed by atoms with Gasteiger partial charge in [-0.25, -0.2) is 0 Å². The molecule has 13 heavy (non-hydrogen) atoms. The minimum Gasteiger partial charge on any atom is -0.315 e. The van der Waals surface area contributed by atoms with Crippen molar-refractivity contribution in [2.75, 3.05) is 33.2 Å². The Kier molecular flexibility index (Phi) is 8.46. The highest BCUT2D eigenvalue weighted by atomic mass is 15.1. The van der Waals surface area contributed by atoms with E-state index < -0.39 is 0 Å². The van der Waals surface area contributed by atoms with Crippen LogP contribution in [-0.4, -0.2) is 38.1 Å². The molecule has 0 amide bonds. The molecule has 0 aliphatic carbocycles. The van der Waals surface area contributed by atoms with Crippen LogP contribution in [0.15, 0.2) is 0 Å². The summed E-state index contributed by atoms with van der Waals surface area (Å²) in [5.41, 5.74) is 0. The van der Waals surface area contributed by atoms with Gasteiger partial charge in [-0.3, -0.25) is 0 Å². The van der Waals surface area contributed by atoms with Gasteiger partial charge in [0.1, 0.15) is 0 Å². The molecule has 0 fully saturated rings. The predicted molar refractivity (Wildman–Crippen MR) is 60.1 cm³/mol. The van der Waals surface area contributed by atoms with Crippen molar-refractivity contribution in [2.45, 2.75) is 33.6 Å². The Balaban J connectivity index is 3.15. The van der Waals surface area contributed by atoms with Crippen molar-refractivity contribution in [1.82, 2.24) is 10.2 Å². The van der Waals surface area contributed by atoms with Crippen LogP contribution in [0.3, 0.4) is 0 Å². The van der Waals surface area contributed by atoms with E-state index in [9.17, 15) is 0 Å². The van der Waals surface area contributed by atoms with Crippen LogP contribution >= 0.6 is 0 Å². The summed E-state index contributed by atoms with van der Waals surface area (Å²) in [6, 6.07) is 0. The molecule has 0 aromatic heterocycles. The van der Waals surface area contributed by atoms with Crippen molar-refractivity contribution in [3.63, 3.8) is 0 Å². The van der Waals surface area contributed by atoms with Crippen molar-refractivity contribution in [2.24, 2.45) is 5.92 Å². The van der Waals surface area contributed by atoms with Gasteiger partial charge in [-0.1, -0.05) is 27.2 Å². The zero-order valence-corrected chi connectivity index (χ0v) is 9.77. The lowest BCUT2D eigenvalue weighted by Gasteiger charge is -2.15. The molecule has 0 saturated heterocycles. The fraction of sp³-hybridized carbons (Fsp3) is 1.00. The first-order chi connectivity index (χ1) is 6.20. The van der Waals surface area contributed by atoms with Crippen LogP contribution < -0.4 is 5.32 Å². The summed E-state index contributed by atoms with van der Waals surface area (Å²) >= 11 is 0. The average Bonchev–Trinajstić information content (AvgIpc) is 2.12. The average molecular weight is 186 g/mol. The molecule has 0 aromatic carbocycles. The lowest BCUT2D eigenvalue weighted by Crippen LogP contribution is -2.31. The highest BCUT2D eigenvalue weighted by Gasteiger charge is 1.99. The molecule has 0 aliphatic heterocycles. The maximum Gasteiger partial charge on any atom is 0.0104 e. The molecular weight excluding hydrogens is 160 g/mol. The molecule has 1 N–H and O–H groups in total. The number of nitrogens with one attached hydrogen (secondary N) is 1. The van der Waals surface area contributed by atoms with Crippen LogP contribution in [0.2, 0.25) is 0 Å². The van der Waals surface area contributed by atoms with Crippen molar-refractivity contribution >= 4 is 0 Å². The molecule has 0 rings (SSSR count). The van der Waals surface area contributed by atoms with Crippen molar-refractivity contribution < 1.29 is 0 Å². The van der Waals surface area contributed by atoms with E-state index in [4.69, 9.17) is 0 Å². The van der Waals surface area contributed by atoms with Gasteiger partial charge < -0.3 is 10.2 Å². The summed E-state index contributed by atoms with van der Waals surface area (Å²) in [5, 5.41) is 3.49. The topological polar surface area (TPSA) is 15.3 Å². The van der Waals surface area contributed by atoms with Gasteiger partial charge in [0.05, 0.1) is 0 Å². The second-order valence-electron chi connectivity index (χ2n) is 3.99. The van der Waals surface area contributed by atoms with Crippen LogP contribution in [0.4, 0.5) is 0 Å². The fourth-order valence-corrected chi connectivity index (χ4v) is 1.37. The van der Waals surface area contributed by atoms with Gasteiger partial charge >= 0.3 is 0 Å². The predicted octanol–water partition coefficient (Wildman–Crippen LogP) is 1.96. The third kappa shape index (κ3) is 8.26. The Hall–Kier alpha value is -0.0800. The Morgan fingerprint density at radius 2 is 2.00 bits per heavy atom. The maximum absolute atomic E-state index is 3.49. The summed E-state index contributed by atoms with van der Waals surface area (Å²) in [6.45, 7) is 11.4. The normalized spacial score (nSPS) is 13.6. The van der Waals surface area contributed by atoms with E-state index in [-0.39, 0.29) is 0 Å². The van der Waals surface area contributed by atoms with E-state index in [1.54, 1.807) is 0 Å². The number of hydrogen-bond donors (Lipinski definition) is 1. The fourth-order valence-electron chi connectivity index (χ4n) is 1.37. The van der Waals surface area contributed by atoms with Gasteiger partial charge in [0.2, 0.25) is 0 Å². The number of hydrogen-bond acceptors (Lipinski definition) is 2. The lowest BCUT2D eigenvalue weighted by molar-refractivity contribution is 0.342. The highest BCUT2D eigenvalue weighted by molar-refractivity contribution is 4.58. The molecule has 0 aromatic rings. The molecule has 0 heterocycles. The van der Waals surface area contributed by atoms with Gasteiger partial charge in [0.15, 0.2) is 0 Å². The van der Waals surface area contributed by atoms with E-state index in [1.165, 1.54) is 19.4 Å². The van der Waals surface area contributed by atoms with Crippen LogP contribution in [0.25, 0.3) is 0 Å². The van der Waals surface area contributed by atoms with Crippen LogP contribution in [0, 0.1) is 5.92 Å². The number of likely N-dealkylation sites (N-methyl/N-ethyl adjacent to an activating group) is 1. The number of rotatable bonds is 8. The highest BCUT2D eigenvalue weighted by Crippen LogP contribution is 2.02. The van der Waals surface area contributed by atoms with E-state index in [1.807, 2.05) is 0 Å². The van der Waals surface area contributed by atoms with Crippen LogP contribution in [0.1, 0.15) is 33.6 Å². The molecule has 0 radical (unpaired) electrons. The Morgan fingerprint density at radius 1 is 1.31 bits per heavy atom. The Morgan fingerprint density at radius 3 is 2.54 bits per heavy atom. The second-order valence-corrected chi connectivity index (χ2v) is 3.99. The molecule has 2 nitrogen and oxygen atoms in total. The van der Waals surface area contributed by atoms with Crippen molar-refractivity contribution in [3.05, 3.63) is 0 Å². The Labute approximate surface area is 83.7 Å². The quantitative estimate of drug-likeness (QED) is 0.583. The van der Waals surface area contributed by atoms with E-state index >= 15 is 0 Å². The first-order valence-electron chi connectivity index (χ1n) is 5.59.